The highest BCUT2D eigenvalue weighted by Gasteiger charge is 2.47. The molecule has 4 aromatic rings. The van der Waals surface area contributed by atoms with E-state index in [1.54, 1.807) is 12.1 Å². The Hall–Kier alpha value is -4.62. The van der Waals surface area contributed by atoms with Crippen molar-refractivity contribution in [3.05, 3.63) is 81.0 Å². The van der Waals surface area contributed by atoms with Crippen LogP contribution in [0.5, 0.6) is 0 Å². The summed E-state index contributed by atoms with van der Waals surface area (Å²) in [6.45, 7) is 7.57. The molecule has 2 aromatic carbocycles. The molecule has 0 radical (unpaired) electrons. The Bertz CT molecular complexity index is 1880. The van der Waals surface area contributed by atoms with Crippen molar-refractivity contribution < 1.29 is 28.4 Å². The third kappa shape index (κ3) is 7.89. The number of aromatic amines is 1. The number of nitrogens with two attached hydrogens (primary N) is 1. The lowest BCUT2D eigenvalue weighted by Gasteiger charge is -2.39. The van der Waals surface area contributed by atoms with Crippen LogP contribution in [0.2, 0.25) is 10.0 Å². The van der Waals surface area contributed by atoms with E-state index in [1.807, 2.05) is 58.0 Å². The molecule has 2 heterocycles. The van der Waals surface area contributed by atoms with Gasteiger partial charge >= 0.3 is 6.09 Å². The second kappa shape index (κ2) is 15.5. The van der Waals surface area contributed by atoms with Gasteiger partial charge in [-0.3, -0.25) is 14.4 Å². The summed E-state index contributed by atoms with van der Waals surface area (Å²) in [7, 11) is 0. The molecule has 5 rings (SSSR count). The van der Waals surface area contributed by atoms with Gasteiger partial charge in [-0.25, -0.2) is 4.79 Å². The second-order valence-corrected chi connectivity index (χ2v) is 13.7. The number of rotatable bonds is 13. The Morgan fingerprint density at radius 2 is 1.78 bits per heavy atom. The summed E-state index contributed by atoms with van der Waals surface area (Å²) in [5.74, 6) is -2.79. The molecule has 4 unspecified atom stereocenters. The van der Waals surface area contributed by atoms with Gasteiger partial charge in [0.2, 0.25) is 17.7 Å². The number of carbonyl (C=O) groups excluding carboxylic acids is 4. The average molecular weight is 727 g/mol. The summed E-state index contributed by atoms with van der Waals surface area (Å²) < 4.78 is 10.8. The van der Waals surface area contributed by atoms with Crippen molar-refractivity contribution in [2.75, 3.05) is 0 Å². The van der Waals surface area contributed by atoms with E-state index in [1.165, 1.54) is 0 Å². The molecule has 0 saturated carbocycles. The van der Waals surface area contributed by atoms with Crippen LogP contribution in [0.4, 0.5) is 4.79 Å². The molecule has 0 saturated heterocycles. The van der Waals surface area contributed by atoms with Gasteiger partial charge in [0.1, 0.15) is 24.2 Å². The first-order chi connectivity index (χ1) is 23.8. The molecular formula is C35H41Cl2N7O6. The molecule has 0 fully saturated rings. The van der Waals surface area contributed by atoms with E-state index in [0.29, 0.717) is 34.8 Å². The number of primary amides is 1. The van der Waals surface area contributed by atoms with Crippen LogP contribution in [0.15, 0.2) is 47.0 Å². The van der Waals surface area contributed by atoms with Crippen molar-refractivity contribution in [2.45, 2.75) is 84.0 Å². The minimum atomic E-state index is -1.51. The van der Waals surface area contributed by atoms with Crippen molar-refractivity contribution in [1.29, 1.82) is 0 Å². The Morgan fingerprint density at radius 1 is 1.06 bits per heavy atom. The van der Waals surface area contributed by atoms with Crippen LogP contribution in [0, 0.1) is 11.8 Å². The summed E-state index contributed by atoms with van der Waals surface area (Å²) in [6.07, 6.45) is 1.05. The number of carbonyl (C=O) groups is 4. The number of aromatic nitrogens is 3. The topological polar surface area (TPSA) is 194 Å². The number of hydrogen-bond acceptors (Lipinski definition) is 8. The SMILES string of the molecule is CCC(C)C(NC(=O)OCc1ccccc1)C(=O)N[C@]1(C(=O)NC(c2nc(C(N)=O)no2)C(C)CC)CCc2[nH]c3c(Cl)cc(Cl)cc3c2C1. The first-order valence-corrected chi connectivity index (χ1v) is 17.3. The highest BCUT2D eigenvalue weighted by molar-refractivity contribution is 6.38. The number of alkyl carbamates (subject to hydrolysis) is 1. The van der Waals surface area contributed by atoms with E-state index in [-0.39, 0.29) is 43.0 Å². The second-order valence-electron chi connectivity index (χ2n) is 12.9. The van der Waals surface area contributed by atoms with E-state index in [2.05, 4.69) is 31.1 Å². The van der Waals surface area contributed by atoms with Crippen LogP contribution < -0.4 is 21.7 Å². The van der Waals surface area contributed by atoms with Gasteiger partial charge in [0.15, 0.2) is 0 Å². The van der Waals surface area contributed by atoms with E-state index < -0.39 is 41.4 Å². The fourth-order valence-electron chi connectivity index (χ4n) is 6.16. The first-order valence-electron chi connectivity index (χ1n) is 16.6. The number of H-pyrrole nitrogens is 1. The van der Waals surface area contributed by atoms with Gasteiger partial charge < -0.3 is 35.9 Å². The standard InChI is InChI=1S/C35H41Cl2N7O6/c1-5-18(3)26(41-34(48)49-17-20-10-8-7-9-11-20)31(46)43-35(13-12-25-23(16-35)22-14-21(36)15-24(37)28(22)39-25)33(47)40-27(19(4)6-2)32-42-30(29(38)45)44-50-32/h7-11,14-15,18-19,26-27,39H,5-6,12-13,16-17H2,1-4H3,(H2,38,45)(H,40,47)(H,41,48)(H,43,46)/t18?,19?,26?,27?,35-/m1/s1. The maximum Gasteiger partial charge on any atom is 0.408 e. The predicted octanol–water partition coefficient (Wildman–Crippen LogP) is 5.55. The van der Waals surface area contributed by atoms with Gasteiger partial charge in [0.05, 0.1) is 10.5 Å². The minimum absolute atomic E-state index is 0.00504. The monoisotopic (exact) mass is 725 g/mol. The Morgan fingerprint density at radius 3 is 2.44 bits per heavy atom. The summed E-state index contributed by atoms with van der Waals surface area (Å²) >= 11 is 12.9. The largest absolute Gasteiger partial charge is 0.445 e. The molecule has 15 heteroatoms. The summed E-state index contributed by atoms with van der Waals surface area (Å²) in [4.78, 5) is 61.2. The lowest BCUT2D eigenvalue weighted by molar-refractivity contribution is -0.136. The zero-order valence-corrected chi connectivity index (χ0v) is 29.8. The van der Waals surface area contributed by atoms with Crippen LogP contribution in [0.25, 0.3) is 10.9 Å². The van der Waals surface area contributed by atoms with Crippen molar-refractivity contribution in [2.24, 2.45) is 17.6 Å². The molecule has 5 atom stereocenters. The number of hydrogen-bond donors (Lipinski definition) is 5. The maximum atomic E-state index is 14.7. The van der Waals surface area contributed by atoms with Crippen molar-refractivity contribution in [1.82, 2.24) is 31.1 Å². The molecule has 6 N–H and O–H groups in total. The molecular weight excluding hydrogens is 685 g/mol. The van der Waals surface area contributed by atoms with Crippen molar-refractivity contribution in [3.8, 4) is 0 Å². The van der Waals surface area contributed by atoms with E-state index in [0.717, 1.165) is 22.2 Å². The number of nitrogens with one attached hydrogen (secondary N) is 4. The molecule has 0 spiro atoms. The molecule has 0 bridgehead atoms. The van der Waals surface area contributed by atoms with Crippen LogP contribution in [-0.2, 0) is 33.8 Å². The summed E-state index contributed by atoms with van der Waals surface area (Å²) in [6, 6.07) is 10.7. The summed E-state index contributed by atoms with van der Waals surface area (Å²) in [5, 5.41) is 14.0. The van der Waals surface area contributed by atoms with Crippen molar-refractivity contribution >= 4 is 57.9 Å². The zero-order valence-electron chi connectivity index (χ0n) is 28.3. The fourth-order valence-corrected chi connectivity index (χ4v) is 6.70. The Balaban J connectivity index is 1.49. The number of fused-ring (bicyclic) bond motifs is 3. The van der Waals surface area contributed by atoms with E-state index in [4.69, 9.17) is 38.2 Å². The number of amides is 4. The van der Waals surface area contributed by atoms with Gasteiger partial charge in [-0.05, 0) is 47.9 Å². The number of benzene rings is 2. The van der Waals surface area contributed by atoms with Crippen LogP contribution >= 0.6 is 23.2 Å². The van der Waals surface area contributed by atoms with Crippen LogP contribution in [-0.4, -0.2) is 50.5 Å². The van der Waals surface area contributed by atoms with Crippen LogP contribution in [0.3, 0.4) is 0 Å². The number of nitrogens with zero attached hydrogens (tertiary/aromatic N) is 2. The van der Waals surface area contributed by atoms with Gasteiger partial charge in [-0.15, -0.1) is 0 Å². The molecule has 0 aliphatic heterocycles. The smallest absolute Gasteiger partial charge is 0.408 e. The molecule has 13 nitrogen and oxygen atoms in total. The van der Waals surface area contributed by atoms with E-state index >= 15 is 0 Å². The molecule has 1 aliphatic rings. The number of halogens is 2. The van der Waals surface area contributed by atoms with Gasteiger partial charge in [0, 0.05) is 22.5 Å². The Labute approximate surface area is 299 Å². The fraction of sp³-hybridized carbons (Fsp3) is 0.429. The predicted molar refractivity (Wildman–Crippen MR) is 187 cm³/mol. The third-order valence-electron chi connectivity index (χ3n) is 9.51. The summed E-state index contributed by atoms with van der Waals surface area (Å²) in [5.41, 5.74) is 6.96. The molecule has 50 heavy (non-hydrogen) atoms. The lowest BCUT2D eigenvalue weighted by Crippen LogP contribution is -2.65. The van der Waals surface area contributed by atoms with E-state index in [9.17, 15) is 19.2 Å². The molecule has 2 aromatic heterocycles. The van der Waals surface area contributed by atoms with Gasteiger partial charge in [0.25, 0.3) is 11.7 Å². The maximum absolute atomic E-state index is 14.7. The molecule has 4 amide bonds. The zero-order chi connectivity index (χ0) is 36.2. The quantitative estimate of drug-likeness (QED) is 0.118. The highest BCUT2D eigenvalue weighted by Crippen LogP contribution is 2.39. The number of ether oxygens (including phenoxy) is 1. The van der Waals surface area contributed by atoms with Gasteiger partial charge in [-0.2, -0.15) is 4.98 Å². The minimum Gasteiger partial charge on any atom is -0.445 e. The highest BCUT2D eigenvalue weighted by atomic mass is 35.5. The van der Waals surface area contributed by atoms with Crippen LogP contribution in [0.1, 0.15) is 86.3 Å². The lowest BCUT2D eigenvalue weighted by atomic mass is 9.78. The van der Waals surface area contributed by atoms with Crippen molar-refractivity contribution in [3.63, 3.8) is 0 Å². The average Bonchev–Trinajstić information content (AvgIpc) is 3.74. The third-order valence-corrected chi connectivity index (χ3v) is 10.0. The van der Waals surface area contributed by atoms with Gasteiger partial charge in [-0.1, -0.05) is 99.2 Å². The normalized spacial score (nSPS) is 18.0. The number of aryl methyl sites for hydroxylation is 1. The Kier molecular flexibility index (Phi) is 11.4. The molecule has 266 valence electrons. The first kappa shape index (κ1) is 36.7. The molecule has 1 aliphatic carbocycles.